The number of hydrogen-bond acceptors (Lipinski definition) is 4. The van der Waals surface area contributed by atoms with E-state index in [4.69, 9.17) is 10.2 Å². The Labute approximate surface area is 122 Å². The fourth-order valence-corrected chi connectivity index (χ4v) is 1.93. The number of nitrogens with zero attached hydrogens (tertiary/aromatic N) is 1. The fraction of sp³-hybridized carbons (Fsp3) is 0.429. The summed E-state index contributed by atoms with van der Waals surface area (Å²) in [5, 5.41) is 29.7. The maximum atomic E-state index is 12.2. The van der Waals surface area contributed by atoms with E-state index >= 15 is 0 Å². The maximum absolute atomic E-state index is 12.2. The number of carbonyl (C=O) groups is 2. The van der Waals surface area contributed by atoms with Crippen molar-refractivity contribution in [1.82, 2.24) is 5.32 Å². The van der Waals surface area contributed by atoms with Gasteiger partial charge in [0.25, 0.3) is 0 Å². The van der Waals surface area contributed by atoms with Gasteiger partial charge in [-0.1, -0.05) is 6.07 Å². The van der Waals surface area contributed by atoms with E-state index in [9.17, 15) is 14.7 Å². The Bertz CT molecular complexity index is 518. The van der Waals surface area contributed by atoms with Crippen LogP contribution in [-0.4, -0.2) is 46.5 Å². The van der Waals surface area contributed by atoms with E-state index in [2.05, 4.69) is 5.32 Å². The number of carboxylic acids is 1. The molecule has 1 rings (SSSR count). The Balaban J connectivity index is 2.96. The third-order valence-corrected chi connectivity index (χ3v) is 3.06. The molecule has 0 bridgehead atoms. The second kappa shape index (κ2) is 7.49. The number of carboxylic acid groups (broad SMARTS) is 1. The Morgan fingerprint density at radius 1 is 1.38 bits per heavy atom. The van der Waals surface area contributed by atoms with Crippen LogP contribution in [0.1, 0.15) is 18.9 Å². The van der Waals surface area contributed by atoms with Crippen molar-refractivity contribution in [3.05, 3.63) is 23.8 Å². The summed E-state index contributed by atoms with van der Waals surface area (Å²) >= 11 is 0. The predicted octanol–water partition coefficient (Wildman–Crippen LogP) is 1.07. The average molecular weight is 296 g/mol. The first-order valence-electron chi connectivity index (χ1n) is 6.62. The second-order valence-corrected chi connectivity index (χ2v) is 4.57. The van der Waals surface area contributed by atoms with Crippen LogP contribution in [0.3, 0.4) is 0 Å². The number of aliphatic hydroxyl groups excluding tert-OH is 1. The molecule has 1 aromatic rings. The molecule has 7 nitrogen and oxygen atoms in total. The lowest BCUT2D eigenvalue weighted by atomic mass is 10.1. The van der Waals surface area contributed by atoms with Crippen molar-refractivity contribution in [3.63, 3.8) is 0 Å². The van der Waals surface area contributed by atoms with Gasteiger partial charge in [0.2, 0.25) is 0 Å². The van der Waals surface area contributed by atoms with E-state index in [1.54, 1.807) is 19.9 Å². The Morgan fingerprint density at radius 2 is 2.05 bits per heavy atom. The topological polar surface area (TPSA) is 110 Å². The number of anilines is 1. The fourth-order valence-electron chi connectivity index (χ4n) is 1.93. The van der Waals surface area contributed by atoms with Crippen molar-refractivity contribution >= 4 is 17.7 Å². The highest BCUT2D eigenvalue weighted by atomic mass is 16.4. The minimum atomic E-state index is -1.21. The molecular formula is C14H20N2O5. The van der Waals surface area contributed by atoms with E-state index < -0.39 is 18.0 Å². The van der Waals surface area contributed by atoms with Gasteiger partial charge in [-0.2, -0.15) is 0 Å². The Hall–Kier alpha value is -2.28. The molecule has 0 heterocycles. The zero-order valence-corrected chi connectivity index (χ0v) is 12.0. The zero-order valence-electron chi connectivity index (χ0n) is 12.0. The van der Waals surface area contributed by atoms with Gasteiger partial charge in [-0.25, -0.2) is 9.59 Å². The summed E-state index contributed by atoms with van der Waals surface area (Å²) in [5.41, 5.74) is 1.28. The van der Waals surface area contributed by atoms with Crippen molar-refractivity contribution in [2.75, 3.05) is 18.1 Å². The number of hydrogen-bond donors (Lipinski definition) is 4. The number of aryl methyl sites for hydroxylation is 1. The molecule has 1 aromatic carbocycles. The number of amides is 2. The number of rotatable bonds is 6. The van der Waals surface area contributed by atoms with E-state index in [0.717, 1.165) is 5.56 Å². The molecule has 0 saturated heterocycles. The Morgan fingerprint density at radius 3 is 2.57 bits per heavy atom. The highest BCUT2D eigenvalue weighted by Gasteiger charge is 2.23. The number of aromatic hydroxyl groups is 1. The zero-order chi connectivity index (χ0) is 16.0. The van der Waals surface area contributed by atoms with Gasteiger partial charge in [-0.05, 0) is 25.5 Å². The summed E-state index contributed by atoms with van der Waals surface area (Å²) in [6, 6.07) is 2.88. The number of urea groups is 1. The predicted molar refractivity (Wildman–Crippen MR) is 77.5 cm³/mol. The molecule has 0 saturated carbocycles. The van der Waals surface area contributed by atoms with Gasteiger partial charge in [-0.3, -0.25) is 4.90 Å². The minimum Gasteiger partial charge on any atom is -0.508 e. The first-order chi connectivity index (χ1) is 9.90. The molecule has 4 N–H and O–H groups in total. The van der Waals surface area contributed by atoms with Crippen molar-refractivity contribution in [2.24, 2.45) is 0 Å². The normalized spacial score (nSPS) is 11.8. The third kappa shape index (κ3) is 4.35. The van der Waals surface area contributed by atoms with E-state index in [-0.39, 0.29) is 18.8 Å². The molecule has 0 spiro atoms. The first-order valence-corrected chi connectivity index (χ1v) is 6.62. The summed E-state index contributed by atoms with van der Waals surface area (Å²) < 4.78 is 0. The molecule has 0 aliphatic rings. The molecule has 116 valence electrons. The van der Waals surface area contributed by atoms with E-state index in [1.165, 1.54) is 17.0 Å². The lowest BCUT2D eigenvalue weighted by molar-refractivity contribution is -0.139. The van der Waals surface area contributed by atoms with Gasteiger partial charge < -0.3 is 20.6 Å². The minimum absolute atomic E-state index is 0.0204. The number of aliphatic carboxylic acids is 1. The van der Waals surface area contributed by atoms with Crippen molar-refractivity contribution in [1.29, 1.82) is 0 Å². The number of aliphatic hydroxyl groups is 1. The molecular weight excluding hydrogens is 276 g/mol. The van der Waals surface area contributed by atoms with Gasteiger partial charge in [0, 0.05) is 25.6 Å². The van der Waals surface area contributed by atoms with Crippen LogP contribution in [0.2, 0.25) is 0 Å². The van der Waals surface area contributed by atoms with E-state index in [1.807, 2.05) is 0 Å². The van der Waals surface area contributed by atoms with Crippen LogP contribution < -0.4 is 10.2 Å². The van der Waals surface area contributed by atoms with Crippen LogP contribution in [0.25, 0.3) is 0 Å². The molecule has 0 radical (unpaired) electrons. The largest absolute Gasteiger partial charge is 0.508 e. The molecule has 0 aliphatic heterocycles. The van der Waals surface area contributed by atoms with Gasteiger partial charge in [0.05, 0.1) is 5.69 Å². The number of carbonyl (C=O) groups excluding carboxylic acids is 1. The first kappa shape index (κ1) is 16.8. The SMILES string of the molecule is CCN(C(=O)N[C@@H](CCO)C(=O)O)c1cc(O)ccc1C. The van der Waals surface area contributed by atoms with Crippen molar-refractivity contribution < 1.29 is 24.9 Å². The quantitative estimate of drug-likeness (QED) is 0.627. The van der Waals surface area contributed by atoms with Crippen LogP contribution in [-0.2, 0) is 4.79 Å². The van der Waals surface area contributed by atoms with Crippen molar-refractivity contribution in [3.8, 4) is 5.75 Å². The highest BCUT2D eigenvalue weighted by Crippen LogP contribution is 2.25. The molecule has 7 heteroatoms. The van der Waals surface area contributed by atoms with Crippen LogP contribution in [0, 0.1) is 6.92 Å². The van der Waals surface area contributed by atoms with Crippen LogP contribution in [0.5, 0.6) is 5.75 Å². The Kier molecular flexibility index (Phi) is 5.98. The van der Waals surface area contributed by atoms with Gasteiger partial charge in [-0.15, -0.1) is 0 Å². The average Bonchev–Trinajstić information content (AvgIpc) is 2.42. The molecule has 0 unspecified atom stereocenters. The molecule has 0 aliphatic carbocycles. The number of nitrogens with one attached hydrogen (secondary N) is 1. The van der Waals surface area contributed by atoms with E-state index in [0.29, 0.717) is 12.2 Å². The summed E-state index contributed by atoms with van der Waals surface area (Å²) in [7, 11) is 0. The van der Waals surface area contributed by atoms with Crippen LogP contribution >= 0.6 is 0 Å². The molecule has 0 fully saturated rings. The number of benzene rings is 1. The van der Waals surface area contributed by atoms with Gasteiger partial charge >= 0.3 is 12.0 Å². The van der Waals surface area contributed by atoms with Crippen LogP contribution in [0.15, 0.2) is 18.2 Å². The third-order valence-electron chi connectivity index (χ3n) is 3.06. The molecule has 1 atom stereocenters. The van der Waals surface area contributed by atoms with Gasteiger partial charge in [0.15, 0.2) is 0 Å². The number of phenols is 1. The summed E-state index contributed by atoms with van der Waals surface area (Å²) in [4.78, 5) is 24.6. The smallest absolute Gasteiger partial charge is 0.326 e. The second-order valence-electron chi connectivity index (χ2n) is 4.57. The summed E-state index contributed by atoms with van der Waals surface area (Å²) in [6.07, 6.45) is -0.0718. The summed E-state index contributed by atoms with van der Waals surface area (Å²) in [6.45, 7) is 3.49. The van der Waals surface area contributed by atoms with Gasteiger partial charge in [0.1, 0.15) is 11.8 Å². The summed E-state index contributed by atoms with van der Waals surface area (Å²) in [5.74, 6) is -1.19. The standard InChI is InChI=1S/C14H20N2O5/c1-3-16(12-8-10(18)5-4-9(12)2)14(21)15-11(6-7-17)13(19)20/h4-5,8,11,17-18H,3,6-7H2,1-2H3,(H,15,21)(H,19,20)/t11-/m0/s1. The number of phenolic OH excluding ortho intramolecular Hbond substituents is 1. The highest BCUT2D eigenvalue weighted by molar-refractivity contribution is 5.95. The molecule has 21 heavy (non-hydrogen) atoms. The maximum Gasteiger partial charge on any atom is 0.326 e. The molecule has 2 amide bonds. The molecule has 0 aromatic heterocycles. The lowest BCUT2D eigenvalue weighted by Crippen LogP contribution is -2.48. The van der Waals surface area contributed by atoms with Crippen molar-refractivity contribution in [2.45, 2.75) is 26.3 Å². The lowest BCUT2D eigenvalue weighted by Gasteiger charge is -2.25. The monoisotopic (exact) mass is 296 g/mol. The van der Waals surface area contributed by atoms with Crippen LogP contribution in [0.4, 0.5) is 10.5 Å².